The summed E-state index contributed by atoms with van der Waals surface area (Å²) in [6.07, 6.45) is 0.416. The third-order valence-electron chi connectivity index (χ3n) is 2.99. The van der Waals surface area contributed by atoms with Crippen LogP contribution in [0.4, 0.5) is 4.39 Å². The summed E-state index contributed by atoms with van der Waals surface area (Å²) in [6.45, 7) is 0.495. The number of benzene rings is 1. The number of rotatable bonds is 2. The van der Waals surface area contributed by atoms with E-state index < -0.39 is 23.6 Å². The molecule has 1 saturated heterocycles. The van der Waals surface area contributed by atoms with Crippen molar-refractivity contribution in [2.75, 3.05) is 13.1 Å². The Bertz CT molecular complexity index is 512. The molecule has 0 spiro atoms. The van der Waals surface area contributed by atoms with Crippen molar-refractivity contribution in [2.45, 2.75) is 6.42 Å². The van der Waals surface area contributed by atoms with Gasteiger partial charge in [-0.3, -0.25) is 9.59 Å². The molecule has 19 heavy (non-hydrogen) atoms. The maximum atomic E-state index is 13.6. The number of carboxylic acid groups (broad SMARTS) is 1. The lowest BCUT2D eigenvalue weighted by atomic mass is 10.1. The number of likely N-dealkylation sites (tertiary alicyclic amines) is 1. The second kappa shape index (κ2) is 6.34. The lowest BCUT2D eigenvalue weighted by Crippen LogP contribution is -2.30. The molecule has 1 aliphatic heterocycles. The Labute approximate surface area is 124 Å². The lowest BCUT2D eigenvalue weighted by molar-refractivity contribution is -0.141. The standard InChI is InChI=1S/C12H11BrFNO3.ClH/c13-8-1-2-9(10(14)5-8)11(16)15-4-3-7(6-15)12(17)18;/h1-2,5,7H,3-4,6H2,(H,17,18);1H. The number of nitrogens with zero attached hydrogens (tertiary/aromatic N) is 1. The fraction of sp³-hybridized carbons (Fsp3) is 0.333. The highest BCUT2D eigenvalue weighted by Gasteiger charge is 2.32. The molecule has 1 fully saturated rings. The van der Waals surface area contributed by atoms with Gasteiger partial charge in [-0.2, -0.15) is 0 Å². The fourth-order valence-corrected chi connectivity index (χ4v) is 2.31. The predicted octanol–water partition coefficient (Wildman–Crippen LogP) is 2.56. The van der Waals surface area contributed by atoms with Crippen LogP contribution in [0.2, 0.25) is 0 Å². The zero-order valence-electron chi connectivity index (χ0n) is 9.81. The molecule has 1 amide bonds. The molecule has 1 aromatic rings. The Kier molecular flexibility index (Phi) is 5.31. The number of carboxylic acids is 1. The molecule has 1 aromatic carbocycles. The lowest BCUT2D eigenvalue weighted by Gasteiger charge is -2.16. The average molecular weight is 353 g/mol. The Morgan fingerprint density at radius 2 is 2.11 bits per heavy atom. The van der Waals surface area contributed by atoms with Gasteiger partial charge in [0.05, 0.1) is 11.5 Å². The van der Waals surface area contributed by atoms with Gasteiger partial charge in [-0.25, -0.2) is 4.39 Å². The second-order valence-electron chi connectivity index (χ2n) is 4.20. The van der Waals surface area contributed by atoms with Crippen molar-refractivity contribution in [3.8, 4) is 0 Å². The summed E-state index contributed by atoms with van der Waals surface area (Å²) in [5.41, 5.74) is -0.0239. The molecule has 0 radical (unpaired) electrons. The van der Waals surface area contributed by atoms with Crippen molar-refractivity contribution in [3.63, 3.8) is 0 Å². The maximum absolute atomic E-state index is 13.6. The van der Waals surface area contributed by atoms with E-state index in [9.17, 15) is 14.0 Å². The van der Waals surface area contributed by atoms with Gasteiger partial charge in [-0.15, -0.1) is 12.4 Å². The van der Waals surface area contributed by atoms with Gasteiger partial charge < -0.3 is 10.0 Å². The molecule has 0 bridgehead atoms. The number of amides is 1. The van der Waals surface area contributed by atoms with Crippen molar-refractivity contribution in [1.29, 1.82) is 0 Å². The van der Waals surface area contributed by atoms with Crippen LogP contribution in [0.15, 0.2) is 22.7 Å². The second-order valence-corrected chi connectivity index (χ2v) is 5.11. The first kappa shape index (κ1) is 15.9. The smallest absolute Gasteiger partial charge is 0.308 e. The summed E-state index contributed by atoms with van der Waals surface area (Å²) in [6, 6.07) is 4.20. The van der Waals surface area contributed by atoms with Crippen LogP contribution in [0.5, 0.6) is 0 Å². The largest absolute Gasteiger partial charge is 0.481 e. The molecule has 0 saturated carbocycles. The van der Waals surface area contributed by atoms with Crippen LogP contribution < -0.4 is 0 Å². The minimum absolute atomic E-state index is 0. The summed E-state index contributed by atoms with van der Waals surface area (Å²) >= 11 is 3.11. The molecule has 0 aromatic heterocycles. The van der Waals surface area contributed by atoms with Gasteiger partial charge in [0.25, 0.3) is 5.91 Å². The van der Waals surface area contributed by atoms with Crippen LogP contribution in [0.1, 0.15) is 16.8 Å². The van der Waals surface area contributed by atoms with E-state index in [1.54, 1.807) is 6.07 Å². The van der Waals surface area contributed by atoms with Gasteiger partial charge in [0.1, 0.15) is 5.82 Å². The van der Waals surface area contributed by atoms with E-state index >= 15 is 0 Å². The van der Waals surface area contributed by atoms with E-state index in [-0.39, 0.29) is 24.5 Å². The monoisotopic (exact) mass is 351 g/mol. The SMILES string of the molecule is Cl.O=C(O)C1CCN(C(=O)c2ccc(Br)cc2F)C1. The first-order chi connectivity index (χ1) is 8.49. The van der Waals surface area contributed by atoms with E-state index in [0.29, 0.717) is 17.4 Å². The summed E-state index contributed by atoms with van der Waals surface area (Å²) < 4.78 is 14.2. The van der Waals surface area contributed by atoms with E-state index in [2.05, 4.69) is 15.9 Å². The zero-order valence-corrected chi connectivity index (χ0v) is 12.2. The number of hydrogen-bond donors (Lipinski definition) is 1. The van der Waals surface area contributed by atoms with Crippen LogP contribution in [-0.4, -0.2) is 35.0 Å². The molecule has 4 nitrogen and oxygen atoms in total. The highest BCUT2D eigenvalue weighted by Crippen LogP contribution is 2.21. The van der Waals surface area contributed by atoms with Crippen molar-refractivity contribution < 1.29 is 19.1 Å². The highest BCUT2D eigenvalue weighted by atomic mass is 79.9. The zero-order chi connectivity index (χ0) is 13.3. The van der Waals surface area contributed by atoms with Gasteiger partial charge >= 0.3 is 5.97 Å². The van der Waals surface area contributed by atoms with E-state index in [1.165, 1.54) is 17.0 Å². The van der Waals surface area contributed by atoms with Gasteiger partial charge in [0.15, 0.2) is 0 Å². The molecule has 1 aliphatic rings. The van der Waals surface area contributed by atoms with Crippen LogP contribution in [0, 0.1) is 11.7 Å². The molecule has 0 aliphatic carbocycles. The molecule has 1 heterocycles. The molecule has 7 heteroatoms. The van der Waals surface area contributed by atoms with Crippen LogP contribution in [-0.2, 0) is 4.79 Å². The van der Waals surface area contributed by atoms with E-state index in [4.69, 9.17) is 5.11 Å². The first-order valence-corrected chi connectivity index (χ1v) is 6.25. The predicted molar refractivity (Wildman–Crippen MR) is 73.0 cm³/mol. The van der Waals surface area contributed by atoms with Crippen LogP contribution in [0.25, 0.3) is 0 Å². The number of aliphatic carboxylic acids is 1. The summed E-state index contributed by atoms with van der Waals surface area (Å²) in [4.78, 5) is 24.2. The van der Waals surface area contributed by atoms with E-state index in [1.807, 2.05) is 0 Å². The van der Waals surface area contributed by atoms with E-state index in [0.717, 1.165) is 0 Å². The van der Waals surface area contributed by atoms with Gasteiger partial charge in [-0.1, -0.05) is 15.9 Å². The average Bonchev–Trinajstić information content (AvgIpc) is 2.77. The first-order valence-electron chi connectivity index (χ1n) is 5.46. The Morgan fingerprint density at radius 3 is 2.63 bits per heavy atom. The number of hydrogen-bond acceptors (Lipinski definition) is 2. The summed E-state index contributed by atoms with van der Waals surface area (Å²) in [7, 11) is 0. The van der Waals surface area contributed by atoms with Crippen molar-refractivity contribution in [3.05, 3.63) is 34.1 Å². The van der Waals surface area contributed by atoms with Gasteiger partial charge in [0.2, 0.25) is 0 Å². The molecular weight excluding hydrogens is 340 g/mol. The molecule has 104 valence electrons. The van der Waals surface area contributed by atoms with Crippen LogP contribution >= 0.6 is 28.3 Å². The highest BCUT2D eigenvalue weighted by molar-refractivity contribution is 9.10. The quantitative estimate of drug-likeness (QED) is 0.890. The molecule has 2 rings (SSSR count). The van der Waals surface area contributed by atoms with Gasteiger partial charge in [0, 0.05) is 17.6 Å². The minimum Gasteiger partial charge on any atom is -0.481 e. The van der Waals surface area contributed by atoms with Gasteiger partial charge in [-0.05, 0) is 24.6 Å². The summed E-state index contributed by atoms with van der Waals surface area (Å²) in [5, 5.41) is 8.86. The molecule has 1 atom stereocenters. The normalized spacial score (nSPS) is 18.0. The molecule has 1 unspecified atom stereocenters. The topological polar surface area (TPSA) is 57.6 Å². The Morgan fingerprint density at radius 1 is 1.42 bits per heavy atom. The van der Waals surface area contributed by atoms with Crippen molar-refractivity contribution >= 4 is 40.2 Å². The Hall–Kier alpha value is -1.14. The van der Waals surface area contributed by atoms with Crippen molar-refractivity contribution in [2.24, 2.45) is 5.92 Å². The third kappa shape index (κ3) is 3.45. The van der Waals surface area contributed by atoms with Crippen molar-refractivity contribution in [1.82, 2.24) is 4.90 Å². The molecule has 1 N–H and O–H groups in total. The number of carbonyl (C=O) groups excluding carboxylic acids is 1. The number of carbonyl (C=O) groups is 2. The summed E-state index contributed by atoms with van der Waals surface area (Å²) in [5.74, 6) is -2.52. The number of halogens is 3. The Balaban J connectivity index is 0.00000180. The fourth-order valence-electron chi connectivity index (χ4n) is 1.98. The maximum Gasteiger partial charge on any atom is 0.308 e. The molecular formula is C12H12BrClFNO3. The minimum atomic E-state index is -0.915. The van der Waals surface area contributed by atoms with Crippen LogP contribution in [0.3, 0.4) is 0 Å². The third-order valence-corrected chi connectivity index (χ3v) is 3.48.